The number of amides is 1. The summed E-state index contributed by atoms with van der Waals surface area (Å²) in [6.45, 7) is 9.68. The molecular weight excluding hydrogens is 266 g/mol. The molecule has 112 valence electrons. The molecule has 0 aromatic carbocycles. The van der Waals surface area contributed by atoms with E-state index in [0.717, 1.165) is 18.0 Å². The average molecular weight is 287 g/mol. The Morgan fingerprint density at radius 2 is 2.14 bits per heavy atom. The predicted octanol–water partition coefficient (Wildman–Crippen LogP) is 2.99. The molecular formula is C16H21N3O2. The van der Waals surface area contributed by atoms with E-state index >= 15 is 0 Å². The van der Waals surface area contributed by atoms with Gasteiger partial charge in [-0.1, -0.05) is 25.9 Å². The molecule has 1 amide bonds. The molecule has 21 heavy (non-hydrogen) atoms. The van der Waals surface area contributed by atoms with Gasteiger partial charge in [-0.15, -0.1) is 0 Å². The van der Waals surface area contributed by atoms with Crippen molar-refractivity contribution in [1.29, 1.82) is 0 Å². The Hall–Kier alpha value is -2.04. The van der Waals surface area contributed by atoms with E-state index < -0.39 is 0 Å². The third-order valence-electron chi connectivity index (χ3n) is 4.07. The maximum atomic E-state index is 12.7. The summed E-state index contributed by atoms with van der Waals surface area (Å²) < 4.78 is 7.52. The highest BCUT2D eigenvalue weighted by atomic mass is 16.5. The van der Waals surface area contributed by atoms with Gasteiger partial charge < -0.3 is 14.0 Å². The summed E-state index contributed by atoms with van der Waals surface area (Å²) in [4.78, 5) is 14.5. The molecule has 0 radical (unpaired) electrons. The topological polar surface area (TPSA) is 51.3 Å². The summed E-state index contributed by atoms with van der Waals surface area (Å²) in [5.74, 6) is 0.674. The maximum absolute atomic E-state index is 12.7. The molecule has 1 aliphatic rings. The summed E-state index contributed by atoms with van der Waals surface area (Å²) in [6.07, 6.45) is 2.06. The zero-order valence-corrected chi connectivity index (χ0v) is 13.0. The van der Waals surface area contributed by atoms with Crippen LogP contribution in [0.15, 0.2) is 28.9 Å². The lowest BCUT2D eigenvalue weighted by atomic mass is 9.93. The highest BCUT2D eigenvalue weighted by molar-refractivity contribution is 5.92. The molecule has 3 rings (SSSR count). The van der Waals surface area contributed by atoms with Gasteiger partial charge in [-0.05, 0) is 19.1 Å². The van der Waals surface area contributed by atoms with Gasteiger partial charge in [-0.3, -0.25) is 4.79 Å². The van der Waals surface area contributed by atoms with Crippen LogP contribution in [-0.4, -0.2) is 27.1 Å². The van der Waals surface area contributed by atoms with Crippen molar-refractivity contribution in [3.63, 3.8) is 0 Å². The summed E-state index contributed by atoms with van der Waals surface area (Å²) in [7, 11) is 0. The molecule has 2 aromatic rings. The number of rotatable bonds is 1. The second-order valence-electron chi connectivity index (χ2n) is 6.63. The van der Waals surface area contributed by atoms with Crippen LogP contribution in [0, 0.1) is 0 Å². The second kappa shape index (κ2) is 4.76. The number of nitrogens with zero attached hydrogens (tertiary/aromatic N) is 3. The van der Waals surface area contributed by atoms with Crippen LogP contribution in [0.4, 0.5) is 0 Å². The summed E-state index contributed by atoms with van der Waals surface area (Å²) >= 11 is 0. The molecule has 0 saturated carbocycles. The van der Waals surface area contributed by atoms with E-state index in [0.29, 0.717) is 12.2 Å². The standard InChI is InChI=1S/C16H21N3O2/c1-11-13-6-5-7-18(13)8-9-19(11)15(20)12-10-14(21-17-12)16(2,3)4/h5-7,10-11H,8-9H2,1-4H3/t11-/m1/s1. The first-order valence-corrected chi connectivity index (χ1v) is 7.31. The van der Waals surface area contributed by atoms with Crippen molar-refractivity contribution in [3.05, 3.63) is 41.5 Å². The molecule has 5 nitrogen and oxygen atoms in total. The number of hydrogen-bond acceptors (Lipinski definition) is 3. The monoisotopic (exact) mass is 287 g/mol. The van der Waals surface area contributed by atoms with E-state index in [1.165, 1.54) is 0 Å². The number of carbonyl (C=O) groups is 1. The van der Waals surface area contributed by atoms with E-state index in [-0.39, 0.29) is 17.4 Å². The quantitative estimate of drug-likeness (QED) is 0.810. The van der Waals surface area contributed by atoms with Crippen LogP contribution < -0.4 is 0 Å². The number of fused-ring (bicyclic) bond motifs is 1. The molecule has 0 saturated heterocycles. The van der Waals surface area contributed by atoms with Gasteiger partial charge in [0.25, 0.3) is 5.91 Å². The zero-order chi connectivity index (χ0) is 15.2. The molecule has 0 fully saturated rings. The molecule has 1 atom stereocenters. The SMILES string of the molecule is C[C@@H]1c2cccn2CCN1C(=O)c1cc(C(C)(C)C)on1. The second-order valence-corrected chi connectivity index (χ2v) is 6.63. The minimum absolute atomic E-state index is 0.0519. The van der Waals surface area contributed by atoms with Crippen LogP contribution in [-0.2, 0) is 12.0 Å². The van der Waals surface area contributed by atoms with Gasteiger partial charge in [0.15, 0.2) is 5.69 Å². The van der Waals surface area contributed by atoms with Crippen LogP contribution >= 0.6 is 0 Å². The summed E-state index contributed by atoms with van der Waals surface area (Å²) in [6, 6.07) is 5.90. The minimum Gasteiger partial charge on any atom is -0.360 e. The first-order valence-electron chi connectivity index (χ1n) is 7.31. The van der Waals surface area contributed by atoms with Crippen molar-refractivity contribution in [2.45, 2.75) is 45.7 Å². The molecule has 5 heteroatoms. The van der Waals surface area contributed by atoms with E-state index in [2.05, 4.69) is 22.0 Å². The fourth-order valence-corrected chi connectivity index (χ4v) is 2.73. The maximum Gasteiger partial charge on any atom is 0.276 e. The van der Waals surface area contributed by atoms with Gasteiger partial charge >= 0.3 is 0 Å². The van der Waals surface area contributed by atoms with Gasteiger partial charge in [0.05, 0.1) is 6.04 Å². The fraction of sp³-hybridized carbons (Fsp3) is 0.500. The third kappa shape index (κ3) is 2.37. The van der Waals surface area contributed by atoms with Crippen molar-refractivity contribution < 1.29 is 9.32 Å². The predicted molar refractivity (Wildman–Crippen MR) is 79.1 cm³/mol. The third-order valence-corrected chi connectivity index (χ3v) is 4.07. The first-order chi connectivity index (χ1) is 9.88. The Bertz CT molecular complexity index is 663. The lowest BCUT2D eigenvalue weighted by Crippen LogP contribution is -2.40. The van der Waals surface area contributed by atoms with Gasteiger partial charge in [-0.2, -0.15) is 0 Å². The Labute approximate surface area is 124 Å². The summed E-state index contributed by atoms with van der Waals surface area (Å²) in [5, 5.41) is 3.96. The van der Waals surface area contributed by atoms with Crippen molar-refractivity contribution in [2.75, 3.05) is 6.54 Å². The van der Waals surface area contributed by atoms with Crippen LogP contribution in [0.2, 0.25) is 0 Å². The van der Waals surface area contributed by atoms with E-state index in [4.69, 9.17) is 4.52 Å². The van der Waals surface area contributed by atoms with Crippen molar-refractivity contribution in [3.8, 4) is 0 Å². The Balaban J connectivity index is 1.85. The van der Waals surface area contributed by atoms with E-state index in [9.17, 15) is 4.79 Å². The minimum atomic E-state index is -0.145. The van der Waals surface area contributed by atoms with Gasteiger partial charge in [-0.25, -0.2) is 0 Å². The molecule has 0 spiro atoms. The molecule has 2 aromatic heterocycles. The largest absolute Gasteiger partial charge is 0.360 e. The number of carbonyl (C=O) groups excluding carboxylic acids is 1. The first kappa shape index (κ1) is 13.9. The number of aromatic nitrogens is 2. The van der Waals surface area contributed by atoms with Crippen molar-refractivity contribution in [1.82, 2.24) is 14.6 Å². The normalized spacial score (nSPS) is 18.7. The number of hydrogen-bond donors (Lipinski definition) is 0. The van der Waals surface area contributed by atoms with E-state index in [1.807, 2.05) is 38.7 Å². The molecule has 3 heterocycles. The molecule has 1 aliphatic heterocycles. The van der Waals surface area contributed by atoms with E-state index in [1.54, 1.807) is 6.07 Å². The highest BCUT2D eigenvalue weighted by Gasteiger charge is 2.31. The lowest BCUT2D eigenvalue weighted by molar-refractivity contribution is 0.0633. The average Bonchev–Trinajstić information content (AvgIpc) is 3.07. The van der Waals surface area contributed by atoms with Crippen LogP contribution in [0.25, 0.3) is 0 Å². The molecule has 0 aliphatic carbocycles. The van der Waals surface area contributed by atoms with Crippen molar-refractivity contribution >= 4 is 5.91 Å². The zero-order valence-electron chi connectivity index (χ0n) is 13.0. The fourth-order valence-electron chi connectivity index (χ4n) is 2.73. The van der Waals surface area contributed by atoms with Crippen LogP contribution in [0.5, 0.6) is 0 Å². The molecule has 0 unspecified atom stereocenters. The highest BCUT2D eigenvalue weighted by Crippen LogP contribution is 2.28. The Morgan fingerprint density at radius 1 is 1.38 bits per heavy atom. The van der Waals surface area contributed by atoms with Gasteiger partial charge in [0, 0.05) is 36.5 Å². The lowest BCUT2D eigenvalue weighted by Gasteiger charge is -2.34. The smallest absolute Gasteiger partial charge is 0.276 e. The van der Waals surface area contributed by atoms with Crippen LogP contribution in [0.3, 0.4) is 0 Å². The van der Waals surface area contributed by atoms with Gasteiger partial charge in [0.1, 0.15) is 5.76 Å². The summed E-state index contributed by atoms with van der Waals surface area (Å²) in [5.41, 5.74) is 1.41. The van der Waals surface area contributed by atoms with Crippen molar-refractivity contribution in [2.24, 2.45) is 0 Å². The Morgan fingerprint density at radius 3 is 2.81 bits per heavy atom. The Kier molecular flexibility index (Phi) is 3.15. The molecule has 0 bridgehead atoms. The van der Waals surface area contributed by atoms with Crippen LogP contribution in [0.1, 0.15) is 55.7 Å². The van der Waals surface area contributed by atoms with Gasteiger partial charge in [0.2, 0.25) is 0 Å². The molecule has 0 N–H and O–H groups in total.